The van der Waals surface area contributed by atoms with E-state index in [0.29, 0.717) is 11.0 Å². The number of nitrogens with zero attached hydrogens (tertiary/aromatic N) is 2. The van der Waals surface area contributed by atoms with Crippen molar-refractivity contribution in [1.82, 2.24) is 9.97 Å². The van der Waals surface area contributed by atoms with Gasteiger partial charge in [-0.2, -0.15) is 0 Å². The Morgan fingerprint density at radius 2 is 1.78 bits per heavy atom. The number of hydrogen-bond acceptors (Lipinski definition) is 3. The van der Waals surface area contributed by atoms with Crippen LogP contribution in [0.15, 0.2) is 54.9 Å². The minimum atomic E-state index is 0.375. The van der Waals surface area contributed by atoms with Crippen molar-refractivity contribution in [3.63, 3.8) is 0 Å². The number of fused-ring (bicyclic) bond motifs is 1. The maximum absolute atomic E-state index is 5.82. The Morgan fingerprint density at radius 1 is 0.944 bits per heavy atom. The van der Waals surface area contributed by atoms with E-state index in [2.05, 4.69) is 33.5 Å². The molecule has 3 aromatic rings. The van der Waals surface area contributed by atoms with Gasteiger partial charge in [0.25, 0.3) is 0 Å². The Labute approximate surface area is 109 Å². The summed E-state index contributed by atoms with van der Waals surface area (Å²) >= 11 is 5.82. The maximum atomic E-state index is 5.82. The Hall–Kier alpha value is -2.13. The Morgan fingerprint density at radius 3 is 2.67 bits per heavy atom. The Bertz CT molecular complexity index is 692. The van der Waals surface area contributed by atoms with Gasteiger partial charge in [0.2, 0.25) is 0 Å². The quantitative estimate of drug-likeness (QED) is 0.751. The predicted octanol–water partition coefficient (Wildman–Crippen LogP) is 4.03. The number of benzene rings is 2. The van der Waals surface area contributed by atoms with Crippen molar-refractivity contribution in [3.8, 4) is 0 Å². The minimum Gasteiger partial charge on any atom is -0.338 e. The lowest BCUT2D eigenvalue weighted by molar-refractivity contribution is 1.20. The van der Waals surface area contributed by atoms with Gasteiger partial charge in [-0.3, -0.25) is 4.98 Å². The molecule has 0 aliphatic carbocycles. The second-order valence-electron chi connectivity index (χ2n) is 3.88. The van der Waals surface area contributed by atoms with Crippen molar-refractivity contribution in [3.05, 3.63) is 60.0 Å². The standard InChI is InChI=1S/C14H10ClN3/c15-13-8-16-9-14(18-13)17-12-7-3-5-10-4-1-2-6-11(10)12/h1-9H,(H,17,18). The van der Waals surface area contributed by atoms with Gasteiger partial charge in [0.05, 0.1) is 12.4 Å². The molecule has 0 atom stereocenters. The molecule has 1 N–H and O–H groups in total. The summed E-state index contributed by atoms with van der Waals surface area (Å²) in [6.07, 6.45) is 3.16. The fourth-order valence-corrected chi connectivity index (χ4v) is 2.02. The van der Waals surface area contributed by atoms with Gasteiger partial charge in [-0.05, 0) is 11.5 Å². The lowest BCUT2D eigenvalue weighted by Gasteiger charge is -2.08. The fraction of sp³-hybridized carbons (Fsp3) is 0. The second kappa shape index (κ2) is 4.63. The highest BCUT2D eigenvalue weighted by molar-refractivity contribution is 6.29. The first kappa shape index (κ1) is 11.0. The summed E-state index contributed by atoms with van der Waals surface area (Å²) in [4.78, 5) is 8.17. The van der Waals surface area contributed by atoms with E-state index in [9.17, 15) is 0 Å². The van der Waals surface area contributed by atoms with Crippen molar-refractivity contribution in [2.45, 2.75) is 0 Å². The third-order valence-corrected chi connectivity index (χ3v) is 2.84. The van der Waals surface area contributed by atoms with E-state index in [1.54, 1.807) is 6.20 Å². The molecule has 0 amide bonds. The molecule has 88 valence electrons. The van der Waals surface area contributed by atoms with Gasteiger partial charge in [0.15, 0.2) is 5.82 Å². The molecule has 3 rings (SSSR count). The molecule has 0 saturated heterocycles. The van der Waals surface area contributed by atoms with Crippen molar-refractivity contribution in [1.29, 1.82) is 0 Å². The lowest BCUT2D eigenvalue weighted by atomic mass is 10.1. The normalized spacial score (nSPS) is 10.5. The summed E-state index contributed by atoms with van der Waals surface area (Å²) < 4.78 is 0. The summed E-state index contributed by atoms with van der Waals surface area (Å²) in [5.74, 6) is 0.638. The highest BCUT2D eigenvalue weighted by atomic mass is 35.5. The summed E-state index contributed by atoms with van der Waals surface area (Å²) in [7, 11) is 0. The van der Waals surface area contributed by atoms with Crippen LogP contribution in [0.25, 0.3) is 10.8 Å². The van der Waals surface area contributed by atoms with Gasteiger partial charge in [0, 0.05) is 11.1 Å². The SMILES string of the molecule is Clc1cncc(Nc2cccc3ccccc23)n1. The molecule has 0 fully saturated rings. The summed E-state index contributed by atoms with van der Waals surface area (Å²) in [5.41, 5.74) is 0.990. The van der Waals surface area contributed by atoms with E-state index < -0.39 is 0 Å². The van der Waals surface area contributed by atoms with Crippen LogP contribution < -0.4 is 5.32 Å². The van der Waals surface area contributed by atoms with Crippen molar-refractivity contribution in [2.24, 2.45) is 0 Å². The summed E-state index contributed by atoms with van der Waals surface area (Å²) in [6, 6.07) is 14.2. The number of anilines is 2. The average Bonchev–Trinajstić information content (AvgIpc) is 2.39. The van der Waals surface area contributed by atoms with Gasteiger partial charge in [-0.15, -0.1) is 0 Å². The van der Waals surface area contributed by atoms with E-state index in [0.717, 1.165) is 11.1 Å². The molecular formula is C14H10ClN3. The van der Waals surface area contributed by atoms with Crippen LogP contribution in [0.3, 0.4) is 0 Å². The first-order valence-corrected chi connectivity index (χ1v) is 5.93. The van der Waals surface area contributed by atoms with E-state index >= 15 is 0 Å². The van der Waals surface area contributed by atoms with Crippen LogP contribution in [0.1, 0.15) is 0 Å². The monoisotopic (exact) mass is 255 g/mol. The number of aromatic nitrogens is 2. The van der Waals surface area contributed by atoms with E-state index in [1.165, 1.54) is 11.6 Å². The lowest BCUT2D eigenvalue weighted by Crippen LogP contribution is -1.95. The summed E-state index contributed by atoms with van der Waals surface area (Å²) in [5, 5.41) is 5.92. The molecule has 0 spiro atoms. The van der Waals surface area contributed by atoms with Crippen LogP contribution in [0.2, 0.25) is 5.15 Å². The van der Waals surface area contributed by atoms with Gasteiger partial charge >= 0.3 is 0 Å². The molecule has 0 saturated carbocycles. The molecule has 0 aliphatic rings. The van der Waals surface area contributed by atoms with Crippen LogP contribution in [0, 0.1) is 0 Å². The zero-order valence-electron chi connectivity index (χ0n) is 9.47. The number of halogens is 1. The number of rotatable bonds is 2. The van der Waals surface area contributed by atoms with Crippen LogP contribution in [0.4, 0.5) is 11.5 Å². The van der Waals surface area contributed by atoms with Crippen molar-refractivity contribution in [2.75, 3.05) is 5.32 Å². The van der Waals surface area contributed by atoms with Gasteiger partial charge in [0.1, 0.15) is 5.15 Å². The zero-order chi connectivity index (χ0) is 12.4. The number of hydrogen-bond donors (Lipinski definition) is 1. The highest BCUT2D eigenvalue weighted by Gasteiger charge is 2.02. The second-order valence-corrected chi connectivity index (χ2v) is 4.27. The molecule has 4 heteroatoms. The van der Waals surface area contributed by atoms with Crippen LogP contribution in [-0.2, 0) is 0 Å². The zero-order valence-corrected chi connectivity index (χ0v) is 10.2. The third-order valence-electron chi connectivity index (χ3n) is 2.66. The number of nitrogens with one attached hydrogen (secondary N) is 1. The molecule has 2 aromatic carbocycles. The molecule has 0 bridgehead atoms. The molecule has 0 aliphatic heterocycles. The van der Waals surface area contributed by atoms with Gasteiger partial charge in [-0.25, -0.2) is 4.98 Å². The van der Waals surface area contributed by atoms with Crippen LogP contribution in [-0.4, -0.2) is 9.97 Å². The molecular weight excluding hydrogens is 246 g/mol. The molecule has 0 radical (unpaired) electrons. The first-order chi connectivity index (χ1) is 8.83. The largest absolute Gasteiger partial charge is 0.338 e. The topological polar surface area (TPSA) is 37.8 Å². The molecule has 0 unspecified atom stereocenters. The Kier molecular flexibility index (Phi) is 2.82. The summed E-state index contributed by atoms with van der Waals surface area (Å²) in [6.45, 7) is 0. The first-order valence-electron chi connectivity index (χ1n) is 5.55. The Balaban J connectivity index is 2.05. The van der Waals surface area contributed by atoms with E-state index in [1.807, 2.05) is 24.3 Å². The third kappa shape index (κ3) is 2.13. The van der Waals surface area contributed by atoms with Crippen molar-refractivity contribution < 1.29 is 0 Å². The van der Waals surface area contributed by atoms with Crippen LogP contribution >= 0.6 is 11.6 Å². The maximum Gasteiger partial charge on any atom is 0.150 e. The smallest absolute Gasteiger partial charge is 0.150 e. The highest BCUT2D eigenvalue weighted by Crippen LogP contribution is 2.25. The van der Waals surface area contributed by atoms with Crippen LogP contribution in [0.5, 0.6) is 0 Å². The van der Waals surface area contributed by atoms with E-state index in [-0.39, 0.29) is 0 Å². The molecule has 3 nitrogen and oxygen atoms in total. The molecule has 1 heterocycles. The predicted molar refractivity (Wildman–Crippen MR) is 74.3 cm³/mol. The van der Waals surface area contributed by atoms with E-state index in [4.69, 9.17) is 11.6 Å². The minimum absolute atomic E-state index is 0.375. The fourth-order valence-electron chi connectivity index (χ4n) is 1.87. The van der Waals surface area contributed by atoms with Gasteiger partial charge in [-0.1, -0.05) is 48.0 Å². The molecule has 1 aromatic heterocycles. The molecule has 18 heavy (non-hydrogen) atoms. The average molecular weight is 256 g/mol. The van der Waals surface area contributed by atoms with Gasteiger partial charge < -0.3 is 5.32 Å². The van der Waals surface area contributed by atoms with Crippen molar-refractivity contribution >= 4 is 33.9 Å².